The first-order chi connectivity index (χ1) is 29.8. The fourth-order valence-electron chi connectivity index (χ4n) is 7.01. The summed E-state index contributed by atoms with van der Waals surface area (Å²) in [6.07, 6.45) is 4.88. The molecule has 61 heavy (non-hydrogen) atoms. The lowest BCUT2D eigenvalue weighted by Gasteiger charge is -2.26. The predicted octanol–water partition coefficient (Wildman–Crippen LogP) is 14.1. The largest absolute Gasteiger partial charge is 0.462 e. The van der Waals surface area contributed by atoms with Gasteiger partial charge in [0.25, 0.3) is 0 Å². The van der Waals surface area contributed by atoms with Crippen LogP contribution >= 0.6 is 11.3 Å². The van der Waals surface area contributed by atoms with Crippen molar-refractivity contribution in [3.8, 4) is 20.9 Å². The van der Waals surface area contributed by atoms with Gasteiger partial charge in [-0.25, -0.2) is 9.59 Å². The minimum absolute atomic E-state index is 0.274. The Morgan fingerprint density at radius 3 is 1.25 bits per heavy atom. The van der Waals surface area contributed by atoms with Crippen LogP contribution in [0, 0.1) is 0 Å². The third kappa shape index (κ3) is 10.2. The molecule has 6 aromatic carbocycles. The topological polar surface area (TPSA) is 59.1 Å². The highest BCUT2D eigenvalue weighted by Crippen LogP contribution is 2.41. The molecule has 0 saturated heterocycles. The van der Waals surface area contributed by atoms with E-state index in [0.29, 0.717) is 18.6 Å². The molecular weight excluding hydrogens is 773 g/mol. The van der Waals surface area contributed by atoms with Crippen LogP contribution in [0.25, 0.3) is 26.6 Å². The van der Waals surface area contributed by atoms with Crippen molar-refractivity contribution < 1.29 is 19.1 Å². The molecule has 7 aromatic rings. The minimum Gasteiger partial charge on any atom is -0.462 e. The molecule has 0 N–H and O–H groups in total. The van der Waals surface area contributed by atoms with E-state index >= 15 is 0 Å². The zero-order chi connectivity index (χ0) is 42.7. The standard InChI is InChI=1S/C54H48N2O4S/c1-6-39-10-22-45(23-11-39)55(47-26-14-41(15-27-47)36-37-59-53(57)8-3)49-30-18-43(19-31-49)51-34-35-52(61-51)44-20-32-50(33-21-44)56(46-24-12-40(7-2)13-25-46)48-28-16-42(17-29-48)38(5)60-54(58)9-4/h8-35H,3-7,36-37H2,1-2H3. The fraction of sp³-hybridized carbons (Fsp3) is 0.111. The molecule has 7 rings (SSSR count). The Labute approximate surface area is 363 Å². The number of anilines is 6. The Hall–Kier alpha value is -7.22. The van der Waals surface area contributed by atoms with Gasteiger partial charge in [0.2, 0.25) is 0 Å². The number of nitrogens with zero attached hydrogens (tertiary/aromatic N) is 2. The van der Waals surface area contributed by atoms with Crippen molar-refractivity contribution in [2.75, 3.05) is 16.4 Å². The highest BCUT2D eigenvalue weighted by atomic mass is 32.1. The number of benzene rings is 6. The molecule has 1 aromatic heterocycles. The number of thiophene rings is 1. The number of ether oxygens (including phenoxy) is 2. The van der Waals surface area contributed by atoms with E-state index in [4.69, 9.17) is 9.47 Å². The van der Waals surface area contributed by atoms with Crippen LogP contribution in [0.2, 0.25) is 0 Å². The monoisotopic (exact) mass is 820 g/mol. The molecule has 304 valence electrons. The molecule has 0 unspecified atom stereocenters. The second kappa shape index (κ2) is 19.7. The van der Waals surface area contributed by atoms with Gasteiger partial charge in [0, 0.05) is 68.0 Å². The maximum Gasteiger partial charge on any atom is 0.335 e. The zero-order valence-corrected chi connectivity index (χ0v) is 35.4. The molecule has 0 amide bonds. The number of hydrogen-bond acceptors (Lipinski definition) is 7. The van der Waals surface area contributed by atoms with Gasteiger partial charge in [-0.1, -0.05) is 94.2 Å². The first kappa shape index (κ1) is 41.9. The van der Waals surface area contributed by atoms with E-state index in [1.807, 2.05) is 24.3 Å². The summed E-state index contributed by atoms with van der Waals surface area (Å²) in [7, 11) is 0. The van der Waals surface area contributed by atoms with Crippen molar-refractivity contribution in [3.63, 3.8) is 0 Å². The Kier molecular flexibility index (Phi) is 13.5. The quantitative estimate of drug-likeness (QED) is 0.0518. The van der Waals surface area contributed by atoms with Crippen LogP contribution in [-0.2, 0) is 38.3 Å². The van der Waals surface area contributed by atoms with Gasteiger partial charge in [0.05, 0.1) is 6.61 Å². The fourth-order valence-corrected chi connectivity index (χ4v) is 8.03. The smallest absolute Gasteiger partial charge is 0.335 e. The van der Waals surface area contributed by atoms with Crippen molar-refractivity contribution in [2.24, 2.45) is 0 Å². The molecule has 0 bridgehead atoms. The molecule has 0 aliphatic carbocycles. The van der Waals surface area contributed by atoms with Crippen molar-refractivity contribution in [3.05, 3.63) is 212 Å². The normalized spacial score (nSPS) is 10.7. The average molecular weight is 821 g/mol. The molecule has 0 saturated carbocycles. The van der Waals surface area contributed by atoms with E-state index in [2.05, 4.69) is 177 Å². The molecule has 0 spiro atoms. The number of hydrogen-bond donors (Lipinski definition) is 0. The Balaban J connectivity index is 1.11. The number of esters is 2. The van der Waals surface area contributed by atoms with Gasteiger partial charge in [-0.15, -0.1) is 11.3 Å². The molecule has 0 radical (unpaired) electrons. The van der Waals surface area contributed by atoms with Crippen LogP contribution < -0.4 is 9.80 Å². The lowest BCUT2D eigenvalue weighted by molar-refractivity contribution is -0.137. The molecule has 0 aliphatic heterocycles. The second-order valence-corrected chi connectivity index (χ2v) is 15.4. The predicted molar refractivity (Wildman–Crippen MR) is 253 cm³/mol. The third-order valence-corrected chi connectivity index (χ3v) is 11.6. The van der Waals surface area contributed by atoms with Crippen molar-refractivity contribution in [1.82, 2.24) is 0 Å². The maximum atomic E-state index is 11.8. The third-order valence-electron chi connectivity index (χ3n) is 10.5. The van der Waals surface area contributed by atoms with Gasteiger partial charge in [-0.3, -0.25) is 0 Å². The SMILES string of the molecule is C=CC(=O)OCCc1ccc(N(c2ccc(CC)cc2)c2ccc(-c3ccc(-c4ccc(N(c5ccc(CC)cc5)c5ccc(C(=C)OC(=O)C=C)cc5)cc4)s3)cc2)cc1. The van der Waals surface area contributed by atoms with Gasteiger partial charge < -0.3 is 19.3 Å². The van der Waals surface area contributed by atoms with Crippen molar-refractivity contribution in [2.45, 2.75) is 33.1 Å². The van der Waals surface area contributed by atoms with Crippen LogP contribution in [0.4, 0.5) is 34.1 Å². The summed E-state index contributed by atoms with van der Waals surface area (Å²) in [4.78, 5) is 30.1. The van der Waals surface area contributed by atoms with Crippen molar-refractivity contribution in [1.29, 1.82) is 0 Å². The Bertz CT molecular complexity index is 2610. The molecule has 0 atom stereocenters. The second-order valence-electron chi connectivity index (χ2n) is 14.4. The summed E-state index contributed by atoms with van der Waals surface area (Å²) in [6, 6.07) is 55.3. The highest BCUT2D eigenvalue weighted by molar-refractivity contribution is 7.18. The van der Waals surface area contributed by atoms with Crippen LogP contribution in [-0.4, -0.2) is 18.5 Å². The van der Waals surface area contributed by atoms with E-state index in [1.165, 1.54) is 27.0 Å². The summed E-state index contributed by atoms with van der Waals surface area (Å²) in [6.45, 7) is 15.5. The zero-order valence-electron chi connectivity index (χ0n) is 34.6. The number of aryl methyl sites for hydroxylation is 2. The van der Waals surface area contributed by atoms with Crippen LogP contribution in [0.5, 0.6) is 0 Å². The van der Waals surface area contributed by atoms with Crippen molar-refractivity contribution >= 4 is 63.2 Å². The van der Waals surface area contributed by atoms with Gasteiger partial charge in [0.1, 0.15) is 5.76 Å². The first-order valence-electron chi connectivity index (χ1n) is 20.4. The Morgan fingerprint density at radius 1 is 0.508 bits per heavy atom. The number of rotatable bonds is 17. The van der Waals surface area contributed by atoms with Crippen LogP contribution in [0.15, 0.2) is 190 Å². The Morgan fingerprint density at radius 2 is 0.869 bits per heavy atom. The average Bonchev–Trinajstić information content (AvgIpc) is 3.81. The van der Waals surface area contributed by atoms with E-state index in [0.717, 1.165) is 69.7 Å². The highest BCUT2D eigenvalue weighted by Gasteiger charge is 2.16. The molecule has 0 aliphatic rings. The summed E-state index contributed by atoms with van der Waals surface area (Å²) >= 11 is 1.77. The lowest BCUT2D eigenvalue weighted by atomic mass is 10.1. The van der Waals surface area contributed by atoms with E-state index in [9.17, 15) is 9.59 Å². The van der Waals surface area contributed by atoms with Gasteiger partial charge in [-0.05, 0) is 138 Å². The van der Waals surface area contributed by atoms with Gasteiger partial charge >= 0.3 is 11.9 Å². The number of carbonyl (C=O) groups excluding carboxylic acids is 2. The molecule has 6 nitrogen and oxygen atoms in total. The molecule has 0 fully saturated rings. The lowest BCUT2D eigenvalue weighted by Crippen LogP contribution is -2.10. The van der Waals surface area contributed by atoms with E-state index in [-0.39, 0.29) is 5.76 Å². The molecule has 1 heterocycles. The summed E-state index contributed by atoms with van der Waals surface area (Å²) in [5.41, 5.74) is 12.8. The first-order valence-corrected chi connectivity index (χ1v) is 21.2. The molecule has 7 heteroatoms. The number of carbonyl (C=O) groups is 2. The van der Waals surface area contributed by atoms with Gasteiger partial charge in [0.15, 0.2) is 0 Å². The summed E-state index contributed by atoms with van der Waals surface area (Å²) in [5, 5.41) is 0. The maximum absolute atomic E-state index is 11.8. The van der Waals surface area contributed by atoms with Crippen LogP contribution in [0.3, 0.4) is 0 Å². The molecular formula is C54H48N2O4S. The van der Waals surface area contributed by atoms with E-state index in [1.54, 1.807) is 11.3 Å². The summed E-state index contributed by atoms with van der Waals surface area (Å²) < 4.78 is 10.5. The van der Waals surface area contributed by atoms with Gasteiger partial charge in [-0.2, -0.15) is 0 Å². The minimum atomic E-state index is -0.540. The van der Waals surface area contributed by atoms with E-state index < -0.39 is 11.9 Å². The summed E-state index contributed by atoms with van der Waals surface area (Å²) in [5.74, 6) is -0.677. The van der Waals surface area contributed by atoms with Crippen LogP contribution in [0.1, 0.15) is 36.1 Å².